The summed E-state index contributed by atoms with van der Waals surface area (Å²) in [5, 5.41) is 0. The maximum atomic E-state index is 5.39. The van der Waals surface area contributed by atoms with Crippen molar-refractivity contribution in [3.63, 3.8) is 0 Å². The van der Waals surface area contributed by atoms with Crippen molar-refractivity contribution in [1.29, 1.82) is 0 Å². The molecule has 0 aromatic heterocycles. The Balaban J connectivity index is 2.57. The van der Waals surface area contributed by atoms with Crippen LogP contribution in [0.15, 0.2) is 0 Å². The van der Waals surface area contributed by atoms with Gasteiger partial charge in [0.1, 0.15) is 0 Å². The van der Waals surface area contributed by atoms with E-state index in [9.17, 15) is 0 Å². The quantitative estimate of drug-likeness (QED) is 0.512. The third kappa shape index (κ3) is 0.944. The molecule has 0 saturated heterocycles. The summed E-state index contributed by atoms with van der Waals surface area (Å²) in [6.07, 6.45) is 10.8. The Hall–Kier alpha value is -0.440. The Morgan fingerprint density at radius 1 is 1.60 bits per heavy atom. The molecule has 1 saturated carbocycles. The molecule has 1 fully saturated rings. The van der Waals surface area contributed by atoms with Gasteiger partial charge in [-0.1, -0.05) is 20.3 Å². The van der Waals surface area contributed by atoms with Crippen molar-refractivity contribution in [2.75, 3.05) is 0 Å². The summed E-state index contributed by atoms with van der Waals surface area (Å²) >= 11 is 0. The molecule has 0 N–H and O–H groups in total. The fourth-order valence-corrected chi connectivity index (χ4v) is 1.90. The maximum absolute atomic E-state index is 5.39. The zero-order valence-electron chi connectivity index (χ0n) is 6.98. The maximum Gasteiger partial charge on any atom is 0.0228 e. The lowest BCUT2D eigenvalue weighted by atomic mass is 9.60. The Bertz CT molecular complexity index is 140. The summed E-state index contributed by atoms with van der Waals surface area (Å²) in [4.78, 5) is 0. The Morgan fingerprint density at radius 2 is 2.20 bits per heavy atom. The summed E-state index contributed by atoms with van der Waals surface area (Å²) in [7, 11) is 0. The molecule has 1 rings (SSSR count). The van der Waals surface area contributed by atoms with Crippen molar-refractivity contribution in [2.45, 2.75) is 39.5 Å². The summed E-state index contributed by atoms with van der Waals surface area (Å²) < 4.78 is 0. The van der Waals surface area contributed by atoms with Gasteiger partial charge in [-0.15, -0.1) is 12.3 Å². The van der Waals surface area contributed by atoms with E-state index in [1.165, 1.54) is 25.7 Å². The number of hydrogen-bond donors (Lipinski definition) is 0. The van der Waals surface area contributed by atoms with Crippen molar-refractivity contribution in [2.24, 2.45) is 11.3 Å². The second-order valence-electron chi connectivity index (χ2n) is 3.46. The smallest absolute Gasteiger partial charge is 0.0228 e. The van der Waals surface area contributed by atoms with Crippen molar-refractivity contribution in [1.82, 2.24) is 0 Å². The molecule has 0 bridgehead atoms. The van der Waals surface area contributed by atoms with Gasteiger partial charge in [0.05, 0.1) is 0 Å². The van der Waals surface area contributed by atoms with Crippen molar-refractivity contribution in [3.8, 4) is 12.3 Å². The fourth-order valence-electron chi connectivity index (χ4n) is 1.90. The molecule has 0 nitrogen and oxygen atoms in total. The van der Waals surface area contributed by atoms with Gasteiger partial charge in [-0.2, -0.15) is 0 Å². The van der Waals surface area contributed by atoms with E-state index in [1.54, 1.807) is 0 Å². The minimum Gasteiger partial charge on any atom is -0.120 e. The van der Waals surface area contributed by atoms with Crippen LogP contribution < -0.4 is 0 Å². The van der Waals surface area contributed by atoms with Crippen LogP contribution in [0.3, 0.4) is 0 Å². The van der Waals surface area contributed by atoms with E-state index in [1.807, 2.05) is 0 Å². The largest absolute Gasteiger partial charge is 0.120 e. The highest BCUT2D eigenvalue weighted by molar-refractivity contribution is 5.04. The molecule has 1 aliphatic rings. The van der Waals surface area contributed by atoms with E-state index in [-0.39, 0.29) is 0 Å². The lowest BCUT2D eigenvalue weighted by Gasteiger charge is -2.44. The molecule has 0 aromatic carbocycles. The SMILES string of the molecule is C#CC(C)C1(CC)CCC1. The van der Waals surface area contributed by atoms with Crippen LogP contribution in [0.2, 0.25) is 0 Å². The van der Waals surface area contributed by atoms with Crippen molar-refractivity contribution in [3.05, 3.63) is 0 Å². The highest BCUT2D eigenvalue weighted by Gasteiger charge is 2.39. The molecule has 1 aliphatic carbocycles. The van der Waals surface area contributed by atoms with Crippen molar-refractivity contribution < 1.29 is 0 Å². The third-order valence-electron chi connectivity index (χ3n) is 3.22. The summed E-state index contributed by atoms with van der Waals surface area (Å²) in [6.45, 7) is 4.44. The zero-order chi connectivity index (χ0) is 7.61. The van der Waals surface area contributed by atoms with Gasteiger partial charge in [-0.05, 0) is 24.7 Å². The summed E-state index contributed by atoms with van der Waals surface area (Å²) in [5.74, 6) is 3.35. The number of rotatable bonds is 2. The van der Waals surface area contributed by atoms with Gasteiger partial charge < -0.3 is 0 Å². The van der Waals surface area contributed by atoms with Crippen LogP contribution in [-0.4, -0.2) is 0 Å². The van der Waals surface area contributed by atoms with E-state index in [2.05, 4.69) is 19.8 Å². The van der Waals surface area contributed by atoms with Crippen LogP contribution >= 0.6 is 0 Å². The molecule has 0 aliphatic heterocycles. The minimum absolute atomic E-state index is 0.492. The fraction of sp³-hybridized carbons (Fsp3) is 0.800. The van der Waals surface area contributed by atoms with Gasteiger partial charge in [-0.3, -0.25) is 0 Å². The molecule has 10 heavy (non-hydrogen) atoms. The van der Waals surface area contributed by atoms with Gasteiger partial charge >= 0.3 is 0 Å². The van der Waals surface area contributed by atoms with Crippen LogP contribution in [0.4, 0.5) is 0 Å². The van der Waals surface area contributed by atoms with E-state index >= 15 is 0 Å². The average Bonchev–Trinajstić information content (AvgIpc) is 1.86. The third-order valence-corrected chi connectivity index (χ3v) is 3.22. The van der Waals surface area contributed by atoms with Crippen molar-refractivity contribution >= 4 is 0 Å². The normalized spacial score (nSPS) is 24.5. The molecule has 0 aromatic rings. The molecule has 56 valence electrons. The first-order valence-corrected chi connectivity index (χ1v) is 4.21. The van der Waals surface area contributed by atoms with Crippen LogP contribution in [-0.2, 0) is 0 Å². The predicted octanol–water partition coefficient (Wildman–Crippen LogP) is 2.84. The molecule has 0 heterocycles. The van der Waals surface area contributed by atoms with Gasteiger partial charge in [0.15, 0.2) is 0 Å². The topological polar surface area (TPSA) is 0 Å². The van der Waals surface area contributed by atoms with Crippen LogP contribution in [0.25, 0.3) is 0 Å². The second kappa shape index (κ2) is 2.66. The second-order valence-corrected chi connectivity index (χ2v) is 3.46. The van der Waals surface area contributed by atoms with Crippen LogP contribution in [0.5, 0.6) is 0 Å². The molecule has 0 spiro atoms. The Morgan fingerprint density at radius 3 is 2.30 bits per heavy atom. The molecule has 0 radical (unpaired) electrons. The Kier molecular flexibility index (Phi) is 2.04. The zero-order valence-corrected chi connectivity index (χ0v) is 6.98. The monoisotopic (exact) mass is 136 g/mol. The molecule has 0 amide bonds. The predicted molar refractivity (Wildman–Crippen MR) is 44.6 cm³/mol. The van der Waals surface area contributed by atoms with Gasteiger partial charge in [-0.25, -0.2) is 0 Å². The molecule has 1 atom stereocenters. The Labute approximate surface area is 64.0 Å². The van der Waals surface area contributed by atoms with Crippen LogP contribution in [0, 0.1) is 23.7 Å². The van der Waals surface area contributed by atoms with E-state index < -0.39 is 0 Å². The molecule has 0 heteroatoms. The first kappa shape index (κ1) is 7.66. The standard InChI is InChI=1S/C10H16/c1-4-9(3)10(5-2)7-6-8-10/h1,9H,5-8H2,2-3H3. The van der Waals surface area contributed by atoms with E-state index in [0.717, 1.165) is 0 Å². The summed E-state index contributed by atoms with van der Waals surface area (Å²) in [6, 6.07) is 0. The highest BCUT2D eigenvalue weighted by Crippen LogP contribution is 2.49. The first-order valence-electron chi connectivity index (χ1n) is 4.21. The van der Waals surface area contributed by atoms with E-state index in [0.29, 0.717) is 11.3 Å². The molecular weight excluding hydrogens is 120 g/mol. The highest BCUT2D eigenvalue weighted by atomic mass is 14.4. The number of hydrogen-bond acceptors (Lipinski definition) is 0. The van der Waals surface area contributed by atoms with Gasteiger partial charge in [0.2, 0.25) is 0 Å². The molecule has 1 unspecified atom stereocenters. The lowest BCUT2D eigenvalue weighted by Crippen LogP contribution is -2.34. The first-order chi connectivity index (χ1) is 4.75. The number of terminal acetylenes is 1. The van der Waals surface area contributed by atoms with Gasteiger partial charge in [0.25, 0.3) is 0 Å². The lowest BCUT2D eigenvalue weighted by molar-refractivity contribution is 0.0834. The average molecular weight is 136 g/mol. The summed E-state index contributed by atoms with van der Waals surface area (Å²) in [5.41, 5.74) is 0.536. The van der Waals surface area contributed by atoms with E-state index in [4.69, 9.17) is 6.42 Å². The van der Waals surface area contributed by atoms with Gasteiger partial charge in [0, 0.05) is 5.92 Å². The molecular formula is C10H16. The van der Waals surface area contributed by atoms with Crippen LogP contribution in [0.1, 0.15) is 39.5 Å². The minimum atomic E-state index is 0.492.